The number of carbonyl (C=O) groups is 5. The Hall–Kier alpha value is -2.29. The number of nitrogens with one attached hydrogen (secondary N) is 4. The first kappa shape index (κ1) is 38.2. The van der Waals surface area contributed by atoms with E-state index in [-0.39, 0.29) is 36.4 Å². The highest BCUT2D eigenvalue weighted by atomic mass is 16.2. The summed E-state index contributed by atoms with van der Waals surface area (Å²) >= 11 is 0. The van der Waals surface area contributed by atoms with Crippen LogP contribution in [0, 0.1) is 29.1 Å². The van der Waals surface area contributed by atoms with E-state index in [4.69, 9.17) is 0 Å². The van der Waals surface area contributed by atoms with Gasteiger partial charge in [-0.3, -0.25) is 24.0 Å². The molecule has 4 N–H and O–H groups in total. The lowest BCUT2D eigenvalue weighted by Crippen LogP contribution is -2.51. The SMILES string of the molecule is CC(NC(=O)C1CC2(CCC2)C1)C1CCCC1.CCCCCC(C)C(=O)NC(CC1CCNC1=O)C(=O)C=O.CNC1CCCC1. The molecule has 0 aromatic heterocycles. The molecule has 9 nitrogen and oxygen atoms in total. The molecule has 46 heavy (non-hydrogen) atoms. The summed E-state index contributed by atoms with van der Waals surface area (Å²) in [4.78, 5) is 58.3. The number of Topliss-reactive ketones (excluding diaryl/α,β-unsaturated/α-hetero) is 1. The third-order valence-electron chi connectivity index (χ3n) is 11.5. The molecule has 4 saturated carbocycles. The van der Waals surface area contributed by atoms with Crippen molar-refractivity contribution in [2.45, 2.75) is 161 Å². The lowest BCUT2D eigenvalue weighted by Gasteiger charge is -2.53. The van der Waals surface area contributed by atoms with Crippen LogP contribution in [0.3, 0.4) is 0 Å². The highest BCUT2D eigenvalue weighted by molar-refractivity contribution is 6.28. The van der Waals surface area contributed by atoms with Gasteiger partial charge >= 0.3 is 0 Å². The summed E-state index contributed by atoms with van der Waals surface area (Å²) in [7, 11) is 2.05. The first-order valence-electron chi connectivity index (χ1n) is 18.7. The highest BCUT2D eigenvalue weighted by Gasteiger charge is 2.50. The average Bonchev–Trinajstić information content (AvgIpc) is 3.80. The molecule has 0 aromatic rings. The monoisotopic (exact) mass is 644 g/mol. The smallest absolute Gasteiger partial charge is 0.223 e. The van der Waals surface area contributed by atoms with Gasteiger partial charge in [-0.25, -0.2) is 0 Å². The molecule has 1 saturated heterocycles. The van der Waals surface area contributed by atoms with Gasteiger partial charge in [0.2, 0.25) is 23.5 Å². The third-order valence-corrected chi connectivity index (χ3v) is 11.5. The first-order valence-corrected chi connectivity index (χ1v) is 18.7. The zero-order valence-corrected chi connectivity index (χ0v) is 29.3. The second-order valence-corrected chi connectivity index (χ2v) is 15.1. The number of rotatable bonds is 14. The first-order chi connectivity index (χ1) is 22.1. The van der Waals surface area contributed by atoms with E-state index >= 15 is 0 Å². The molecular formula is C37H64N4O5. The summed E-state index contributed by atoms with van der Waals surface area (Å²) in [6, 6.07) is 0.357. The van der Waals surface area contributed by atoms with Crippen LogP contribution in [0.2, 0.25) is 0 Å². The molecule has 1 aliphatic heterocycles. The lowest BCUT2D eigenvalue weighted by molar-refractivity contribution is -0.137. The van der Waals surface area contributed by atoms with Gasteiger partial charge in [0.15, 0.2) is 6.29 Å². The lowest BCUT2D eigenvalue weighted by atomic mass is 9.51. The molecule has 4 atom stereocenters. The van der Waals surface area contributed by atoms with Crippen LogP contribution in [0.15, 0.2) is 0 Å². The minimum Gasteiger partial charge on any atom is -0.356 e. The maximum Gasteiger partial charge on any atom is 0.223 e. The Balaban J connectivity index is 0.000000210. The van der Waals surface area contributed by atoms with Crippen molar-refractivity contribution >= 4 is 29.8 Å². The molecule has 5 fully saturated rings. The van der Waals surface area contributed by atoms with E-state index in [1.54, 1.807) is 0 Å². The maximum atomic E-state index is 12.1. The van der Waals surface area contributed by atoms with Gasteiger partial charge in [-0.1, -0.05) is 65.2 Å². The Kier molecular flexibility index (Phi) is 16.2. The Morgan fingerprint density at radius 3 is 2.09 bits per heavy atom. The quantitative estimate of drug-likeness (QED) is 0.114. The van der Waals surface area contributed by atoms with Crippen molar-refractivity contribution in [3.8, 4) is 0 Å². The Bertz CT molecular complexity index is 978. The molecule has 3 amide bonds. The standard InChI is InChI=1S/C16H26N2O4.C15H25NO.C6H13N/c1-3-4-5-6-11(2)15(21)18-13(14(20)10-19)9-12-7-8-17-16(12)22;1-11(12-5-2-3-6-12)16-14(17)13-9-15(10-13)7-4-8-15;1-7-6-4-2-3-5-6/h10-13H,3-9H2,1-2H3,(H,17,22)(H,18,21);11-13H,2-10H2,1H3,(H,16,17);6-7H,2-5H2,1H3. The van der Waals surface area contributed by atoms with Crippen molar-refractivity contribution in [1.29, 1.82) is 0 Å². The van der Waals surface area contributed by atoms with Gasteiger partial charge in [0, 0.05) is 36.4 Å². The van der Waals surface area contributed by atoms with Crippen LogP contribution in [0.4, 0.5) is 0 Å². The highest BCUT2D eigenvalue weighted by Crippen LogP contribution is 2.58. The number of hydrogen-bond donors (Lipinski definition) is 4. The van der Waals surface area contributed by atoms with Crippen LogP contribution in [0.5, 0.6) is 0 Å². The van der Waals surface area contributed by atoms with Gasteiger partial charge in [-0.15, -0.1) is 0 Å². The Morgan fingerprint density at radius 1 is 0.935 bits per heavy atom. The molecule has 5 rings (SSSR count). The predicted molar refractivity (Wildman–Crippen MR) is 182 cm³/mol. The van der Waals surface area contributed by atoms with Crippen LogP contribution < -0.4 is 21.3 Å². The summed E-state index contributed by atoms with van der Waals surface area (Å²) < 4.78 is 0. The van der Waals surface area contributed by atoms with E-state index in [9.17, 15) is 24.0 Å². The van der Waals surface area contributed by atoms with Crippen molar-refractivity contribution in [1.82, 2.24) is 21.3 Å². The van der Waals surface area contributed by atoms with Gasteiger partial charge < -0.3 is 21.3 Å². The van der Waals surface area contributed by atoms with Crippen molar-refractivity contribution in [2.24, 2.45) is 29.1 Å². The van der Waals surface area contributed by atoms with Gasteiger partial charge in [0.25, 0.3) is 0 Å². The molecule has 4 unspecified atom stereocenters. The van der Waals surface area contributed by atoms with E-state index in [0.717, 1.165) is 37.6 Å². The normalized spacial score (nSPS) is 24.2. The molecule has 1 heterocycles. The van der Waals surface area contributed by atoms with Crippen molar-refractivity contribution in [3.63, 3.8) is 0 Å². The number of ketones is 1. The Morgan fingerprint density at radius 2 is 1.59 bits per heavy atom. The fraction of sp³-hybridized carbons (Fsp3) is 0.865. The van der Waals surface area contributed by atoms with Crippen molar-refractivity contribution in [2.75, 3.05) is 13.6 Å². The van der Waals surface area contributed by atoms with Crippen molar-refractivity contribution < 1.29 is 24.0 Å². The molecule has 5 aliphatic rings. The summed E-state index contributed by atoms with van der Waals surface area (Å²) in [5, 5.41) is 11.9. The predicted octanol–water partition coefficient (Wildman–Crippen LogP) is 5.39. The summed E-state index contributed by atoms with van der Waals surface area (Å²) in [5.74, 6) is -0.0919. The van der Waals surface area contributed by atoms with E-state index in [1.807, 2.05) is 6.92 Å². The Labute approximate surface area is 278 Å². The van der Waals surface area contributed by atoms with E-state index < -0.39 is 11.8 Å². The zero-order valence-electron chi connectivity index (χ0n) is 29.3. The van der Waals surface area contributed by atoms with Crippen LogP contribution in [-0.4, -0.2) is 61.5 Å². The van der Waals surface area contributed by atoms with Gasteiger partial charge in [0.1, 0.15) is 0 Å². The number of aldehydes is 1. The minimum absolute atomic E-state index is 0.117. The van der Waals surface area contributed by atoms with Gasteiger partial charge in [-0.05, 0) is 95.9 Å². The number of carbonyl (C=O) groups excluding carboxylic acids is 5. The zero-order chi connectivity index (χ0) is 33.5. The van der Waals surface area contributed by atoms with E-state index in [0.29, 0.717) is 36.2 Å². The molecule has 0 bridgehead atoms. The summed E-state index contributed by atoms with van der Waals surface area (Å²) in [5.41, 5.74) is 0.624. The number of amides is 3. The largest absolute Gasteiger partial charge is 0.356 e. The summed E-state index contributed by atoms with van der Waals surface area (Å²) in [6.07, 6.45) is 22.4. The second kappa shape index (κ2) is 19.5. The van der Waals surface area contributed by atoms with Gasteiger partial charge in [-0.2, -0.15) is 0 Å². The van der Waals surface area contributed by atoms with Crippen LogP contribution in [0.1, 0.15) is 143 Å². The van der Waals surface area contributed by atoms with E-state index in [1.165, 1.54) is 83.5 Å². The average molecular weight is 645 g/mol. The van der Waals surface area contributed by atoms with Crippen LogP contribution in [-0.2, 0) is 24.0 Å². The number of unbranched alkanes of at least 4 members (excludes halogenated alkanes) is 2. The van der Waals surface area contributed by atoms with Gasteiger partial charge in [0.05, 0.1) is 6.04 Å². The maximum absolute atomic E-state index is 12.1. The molecule has 9 heteroatoms. The fourth-order valence-electron chi connectivity index (χ4n) is 8.02. The molecule has 0 aromatic carbocycles. The summed E-state index contributed by atoms with van der Waals surface area (Å²) in [6.45, 7) is 6.68. The van der Waals surface area contributed by atoms with Crippen LogP contribution in [0.25, 0.3) is 0 Å². The third kappa shape index (κ3) is 11.7. The topological polar surface area (TPSA) is 133 Å². The van der Waals surface area contributed by atoms with Crippen LogP contribution >= 0.6 is 0 Å². The molecular weight excluding hydrogens is 580 g/mol. The molecule has 262 valence electrons. The fourth-order valence-corrected chi connectivity index (χ4v) is 8.02. The number of hydrogen-bond acceptors (Lipinski definition) is 6. The molecule has 0 radical (unpaired) electrons. The molecule has 4 aliphatic carbocycles. The molecule has 1 spiro atoms. The van der Waals surface area contributed by atoms with E-state index in [2.05, 4.69) is 42.2 Å². The minimum atomic E-state index is -0.896. The second-order valence-electron chi connectivity index (χ2n) is 15.1. The van der Waals surface area contributed by atoms with Crippen molar-refractivity contribution in [3.05, 3.63) is 0 Å².